The molecule has 0 aliphatic carbocycles. The fourth-order valence-electron chi connectivity index (χ4n) is 3.89. The van der Waals surface area contributed by atoms with Gasteiger partial charge in [-0.25, -0.2) is 9.97 Å². The Morgan fingerprint density at radius 1 is 1.21 bits per heavy atom. The summed E-state index contributed by atoms with van der Waals surface area (Å²) in [4.78, 5) is 23.5. The van der Waals surface area contributed by atoms with E-state index in [1.165, 1.54) is 11.8 Å². The number of halogens is 1. The molecule has 2 aliphatic rings. The molecule has 2 fully saturated rings. The zero-order valence-corrected chi connectivity index (χ0v) is 20.3. The first-order valence-corrected chi connectivity index (χ1v) is 12.5. The van der Waals surface area contributed by atoms with Crippen molar-refractivity contribution in [1.82, 2.24) is 15.3 Å². The number of nitrogens with zero attached hydrogens (tertiary/aromatic N) is 3. The van der Waals surface area contributed by atoms with Gasteiger partial charge in [-0.2, -0.15) is 0 Å². The third-order valence-electron chi connectivity index (χ3n) is 5.72. The van der Waals surface area contributed by atoms with Gasteiger partial charge in [0.1, 0.15) is 11.0 Å². The molecule has 1 aromatic heterocycles. The number of anilines is 1. The Labute approximate surface area is 203 Å². The van der Waals surface area contributed by atoms with E-state index in [1.807, 2.05) is 24.3 Å². The normalized spacial score (nSPS) is 17.5. The van der Waals surface area contributed by atoms with E-state index in [2.05, 4.69) is 15.2 Å². The van der Waals surface area contributed by atoms with Gasteiger partial charge in [0.15, 0.2) is 10.9 Å². The van der Waals surface area contributed by atoms with Crippen LogP contribution in [0.25, 0.3) is 0 Å². The molecule has 0 saturated carbocycles. The predicted octanol–water partition coefficient (Wildman–Crippen LogP) is 3.53. The number of hydrogen-bond acceptors (Lipinski definition) is 8. The van der Waals surface area contributed by atoms with Gasteiger partial charge < -0.3 is 24.4 Å². The highest BCUT2D eigenvalue weighted by Gasteiger charge is 2.40. The molecular formula is C23H29ClN4O4S. The van der Waals surface area contributed by atoms with Gasteiger partial charge in [-0.05, 0) is 24.1 Å². The van der Waals surface area contributed by atoms with Crippen LogP contribution in [0.1, 0.15) is 35.2 Å². The van der Waals surface area contributed by atoms with Crippen LogP contribution in [0.2, 0.25) is 5.15 Å². The van der Waals surface area contributed by atoms with Crippen molar-refractivity contribution in [2.24, 2.45) is 0 Å². The first kappa shape index (κ1) is 24.2. The minimum absolute atomic E-state index is 0.0789. The standard InChI is InChI=1S/C23H29ClN4O4S/c1-30-12-2-9-25-21(29)18-5-3-17(4-6-18)16-33-22-26-19(24)15-20(27-22)28-10-7-23(8-11-28)31-13-14-32-23/h3-6,15H,2,7-14,16H2,1H3,(H,25,29). The molecule has 2 saturated heterocycles. The average molecular weight is 493 g/mol. The van der Waals surface area contributed by atoms with Crippen LogP contribution >= 0.6 is 23.4 Å². The van der Waals surface area contributed by atoms with Crippen LogP contribution in [0.4, 0.5) is 5.82 Å². The number of rotatable bonds is 9. The molecule has 1 aromatic carbocycles. The van der Waals surface area contributed by atoms with Gasteiger partial charge in [0.2, 0.25) is 0 Å². The Morgan fingerprint density at radius 3 is 2.64 bits per heavy atom. The summed E-state index contributed by atoms with van der Waals surface area (Å²) in [7, 11) is 1.65. The van der Waals surface area contributed by atoms with Crippen molar-refractivity contribution in [2.45, 2.75) is 36.0 Å². The molecule has 178 valence electrons. The van der Waals surface area contributed by atoms with E-state index < -0.39 is 5.79 Å². The highest BCUT2D eigenvalue weighted by molar-refractivity contribution is 7.98. The Morgan fingerprint density at radius 2 is 1.94 bits per heavy atom. The quantitative estimate of drug-likeness (QED) is 0.246. The minimum Gasteiger partial charge on any atom is -0.385 e. The molecule has 0 unspecified atom stereocenters. The van der Waals surface area contributed by atoms with E-state index in [0.717, 1.165) is 43.7 Å². The monoisotopic (exact) mass is 492 g/mol. The molecule has 0 bridgehead atoms. The van der Waals surface area contributed by atoms with Gasteiger partial charge in [0, 0.05) is 63.6 Å². The van der Waals surface area contributed by atoms with Crippen molar-refractivity contribution in [3.63, 3.8) is 0 Å². The number of nitrogens with one attached hydrogen (secondary N) is 1. The second-order valence-electron chi connectivity index (χ2n) is 8.01. The number of carbonyl (C=O) groups excluding carboxylic acids is 1. The number of aromatic nitrogens is 2. The number of thioether (sulfide) groups is 1. The van der Waals surface area contributed by atoms with Crippen molar-refractivity contribution < 1.29 is 19.0 Å². The lowest BCUT2D eigenvalue weighted by Gasteiger charge is -2.38. The SMILES string of the molecule is COCCCNC(=O)c1ccc(CSc2nc(Cl)cc(N3CCC4(CC3)OCCO4)n2)cc1. The summed E-state index contributed by atoms with van der Waals surface area (Å²) in [5.41, 5.74) is 1.72. The summed E-state index contributed by atoms with van der Waals surface area (Å²) < 4.78 is 16.6. The molecule has 4 rings (SSSR count). The van der Waals surface area contributed by atoms with Gasteiger partial charge in [-0.3, -0.25) is 4.79 Å². The van der Waals surface area contributed by atoms with Crippen molar-refractivity contribution >= 4 is 35.1 Å². The molecule has 0 atom stereocenters. The van der Waals surface area contributed by atoms with Gasteiger partial charge in [-0.1, -0.05) is 35.5 Å². The molecule has 2 aliphatic heterocycles. The van der Waals surface area contributed by atoms with Crippen LogP contribution in [0.5, 0.6) is 0 Å². The first-order valence-electron chi connectivity index (χ1n) is 11.1. The van der Waals surface area contributed by atoms with E-state index in [0.29, 0.717) is 48.0 Å². The zero-order valence-electron chi connectivity index (χ0n) is 18.7. The predicted molar refractivity (Wildman–Crippen MR) is 128 cm³/mol. The fraction of sp³-hybridized carbons (Fsp3) is 0.522. The molecule has 2 aromatic rings. The number of amides is 1. The van der Waals surface area contributed by atoms with Crippen molar-refractivity contribution in [3.05, 3.63) is 46.6 Å². The highest BCUT2D eigenvalue weighted by atomic mass is 35.5. The highest BCUT2D eigenvalue weighted by Crippen LogP contribution is 2.33. The van der Waals surface area contributed by atoms with Gasteiger partial charge in [0.25, 0.3) is 5.91 Å². The van der Waals surface area contributed by atoms with Gasteiger partial charge in [0.05, 0.1) is 13.2 Å². The second-order valence-corrected chi connectivity index (χ2v) is 9.34. The van der Waals surface area contributed by atoms with Gasteiger partial charge >= 0.3 is 0 Å². The van der Waals surface area contributed by atoms with Gasteiger partial charge in [-0.15, -0.1) is 0 Å². The van der Waals surface area contributed by atoms with Crippen LogP contribution in [0.3, 0.4) is 0 Å². The molecule has 8 nitrogen and oxygen atoms in total. The third kappa shape index (κ3) is 6.58. The summed E-state index contributed by atoms with van der Waals surface area (Å²) in [6, 6.07) is 9.38. The van der Waals surface area contributed by atoms with Crippen LogP contribution in [-0.2, 0) is 20.0 Å². The smallest absolute Gasteiger partial charge is 0.251 e. The lowest BCUT2D eigenvalue weighted by atomic mass is 10.0. The summed E-state index contributed by atoms with van der Waals surface area (Å²) in [5, 5.41) is 3.95. The van der Waals surface area contributed by atoms with Crippen molar-refractivity contribution in [2.75, 3.05) is 51.5 Å². The van der Waals surface area contributed by atoms with E-state index in [4.69, 9.17) is 30.8 Å². The molecule has 1 spiro atoms. The first-order chi connectivity index (χ1) is 16.1. The number of piperidine rings is 1. The lowest BCUT2D eigenvalue weighted by Crippen LogP contribution is -2.45. The van der Waals surface area contributed by atoms with Crippen LogP contribution in [0.15, 0.2) is 35.5 Å². The topological polar surface area (TPSA) is 85.8 Å². The largest absolute Gasteiger partial charge is 0.385 e. The van der Waals surface area contributed by atoms with Crippen LogP contribution in [0, 0.1) is 0 Å². The summed E-state index contributed by atoms with van der Waals surface area (Å²) >= 11 is 7.82. The van der Waals surface area contributed by atoms with Crippen LogP contribution < -0.4 is 10.2 Å². The maximum absolute atomic E-state index is 12.2. The Balaban J connectivity index is 1.30. The fourth-order valence-corrected chi connectivity index (χ4v) is 4.93. The Bertz CT molecular complexity index is 931. The minimum atomic E-state index is -0.419. The molecule has 33 heavy (non-hydrogen) atoms. The molecular weight excluding hydrogens is 464 g/mol. The Kier molecular flexibility index (Phi) is 8.43. The number of benzene rings is 1. The summed E-state index contributed by atoms with van der Waals surface area (Å²) in [5.74, 6) is 1.01. The Hall–Kier alpha value is -1.91. The molecule has 1 amide bonds. The van der Waals surface area contributed by atoms with E-state index in [-0.39, 0.29) is 5.91 Å². The molecule has 0 radical (unpaired) electrons. The third-order valence-corrected chi connectivity index (χ3v) is 6.83. The molecule has 1 N–H and O–H groups in total. The zero-order chi connectivity index (χ0) is 23.1. The maximum Gasteiger partial charge on any atom is 0.251 e. The summed E-state index contributed by atoms with van der Waals surface area (Å²) in [6.07, 6.45) is 2.41. The second kappa shape index (κ2) is 11.5. The van der Waals surface area contributed by atoms with E-state index in [9.17, 15) is 4.79 Å². The molecule has 3 heterocycles. The van der Waals surface area contributed by atoms with E-state index >= 15 is 0 Å². The molecule has 10 heteroatoms. The van der Waals surface area contributed by atoms with E-state index in [1.54, 1.807) is 13.2 Å². The number of hydrogen-bond donors (Lipinski definition) is 1. The lowest BCUT2D eigenvalue weighted by molar-refractivity contribution is -0.169. The number of ether oxygens (including phenoxy) is 3. The summed E-state index contributed by atoms with van der Waals surface area (Å²) in [6.45, 7) is 4.15. The van der Waals surface area contributed by atoms with Crippen LogP contribution in [-0.4, -0.2) is 68.2 Å². The average Bonchev–Trinajstić information content (AvgIpc) is 3.28. The number of carbonyl (C=O) groups is 1. The maximum atomic E-state index is 12.2. The van der Waals surface area contributed by atoms with Crippen molar-refractivity contribution in [3.8, 4) is 0 Å². The van der Waals surface area contributed by atoms with Crippen molar-refractivity contribution in [1.29, 1.82) is 0 Å². The number of methoxy groups -OCH3 is 1.